The van der Waals surface area contributed by atoms with Gasteiger partial charge in [-0.1, -0.05) is 12.1 Å². The Bertz CT molecular complexity index is 970. The number of hydrogen-bond acceptors (Lipinski definition) is 6. The smallest absolute Gasteiger partial charge is 0.191 e. The summed E-state index contributed by atoms with van der Waals surface area (Å²) in [5.41, 5.74) is 1.09. The average Bonchev–Trinajstić information content (AvgIpc) is 3.34. The first-order chi connectivity index (χ1) is 14.7. The van der Waals surface area contributed by atoms with Gasteiger partial charge in [0.25, 0.3) is 0 Å². The second kappa shape index (κ2) is 11.7. The van der Waals surface area contributed by atoms with E-state index >= 15 is 0 Å². The summed E-state index contributed by atoms with van der Waals surface area (Å²) in [4.78, 5) is 14.0. The average molecular weight is 555 g/mol. The number of methoxy groups -OCH3 is 1. The number of ether oxygens (including phenoxy) is 1. The fourth-order valence-corrected chi connectivity index (χ4v) is 4.64. The van der Waals surface area contributed by atoms with E-state index in [1.54, 1.807) is 18.4 Å². The van der Waals surface area contributed by atoms with Crippen molar-refractivity contribution in [3.05, 3.63) is 40.9 Å². The van der Waals surface area contributed by atoms with E-state index < -0.39 is 0 Å². The summed E-state index contributed by atoms with van der Waals surface area (Å²) in [7, 11) is 1.67. The number of hydrogen-bond donors (Lipinski definition) is 2. The number of aliphatic imine (C=N–C) groups is 1. The maximum absolute atomic E-state index is 5.15. The normalized spacial score (nSPS) is 16.1. The number of para-hydroxylation sites is 1. The zero-order valence-electron chi connectivity index (χ0n) is 18.0. The lowest BCUT2D eigenvalue weighted by Crippen LogP contribution is -2.47. The molecular weight excluding hydrogens is 525 g/mol. The molecule has 0 saturated carbocycles. The van der Waals surface area contributed by atoms with Crippen LogP contribution in [0.2, 0.25) is 0 Å². The molecule has 1 aliphatic heterocycles. The highest BCUT2D eigenvalue weighted by molar-refractivity contribution is 14.0. The third kappa shape index (κ3) is 6.36. The van der Waals surface area contributed by atoms with Crippen molar-refractivity contribution < 1.29 is 4.74 Å². The van der Waals surface area contributed by atoms with Crippen LogP contribution in [0.15, 0.2) is 29.3 Å². The molecule has 0 aliphatic carbocycles. The topological polar surface area (TPSA) is 89.2 Å². The summed E-state index contributed by atoms with van der Waals surface area (Å²) < 4.78 is 8.39. The second-order valence-corrected chi connectivity index (χ2v) is 8.49. The monoisotopic (exact) mass is 555 g/mol. The molecule has 8 nitrogen and oxygen atoms in total. The highest BCUT2D eigenvalue weighted by Crippen LogP contribution is 2.22. The van der Waals surface area contributed by atoms with Gasteiger partial charge in [0.2, 0.25) is 0 Å². The molecule has 0 bridgehead atoms. The molecule has 2 N–H and O–H groups in total. The summed E-state index contributed by atoms with van der Waals surface area (Å²) in [5, 5.41) is 12.7. The predicted octanol–water partition coefficient (Wildman–Crippen LogP) is 3.15. The van der Waals surface area contributed by atoms with Crippen molar-refractivity contribution in [3.63, 3.8) is 0 Å². The van der Waals surface area contributed by atoms with E-state index in [-0.39, 0.29) is 30.0 Å². The first kappa shape index (κ1) is 23.9. The number of thiazole rings is 1. The molecule has 1 aliphatic rings. The van der Waals surface area contributed by atoms with Gasteiger partial charge in [0.1, 0.15) is 12.4 Å². The highest BCUT2D eigenvalue weighted by Gasteiger charge is 2.22. The van der Waals surface area contributed by atoms with Gasteiger partial charge in [-0.2, -0.15) is 5.10 Å². The van der Waals surface area contributed by atoms with Crippen molar-refractivity contribution in [2.75, 3.05) is 20.2 Å². The van der Waals surface area contributed by atoms with Crippen LogP contribution in [-0.4, -0.2) is 51.9 Å². The third-order valence-corrected chi connectivity index (χ3v) is 6.11. The second-order valence-electron chi connectivity index (χ2n) is 7.38. The van der Waals surface area contributed by atoms with E-state index in [2.05, 4.69) is 45.8 Å². The quantitative estimate of drug-likeness (QED) is 0.192. The van der Waals surface area contributed by atoms with Gasteiger partial charge >= 0.3 is 0 Å². The van der Waals surface area contributed by atoms with Crippen LogP contribution in [0, 0.1) is 0 Å². The van der Waals surface area contributed by atoms with E-state index in [0.29, 0.717) is 6.61 Å². The van der Waals surface area contributed by atoms with Gasteiger partial charge < -0.3 is 15.4 Å². The van der Waals surface area contributed by atoms with Gasteiger partial charge in [-0.3, -0.25) is 4.99 Å². The van der Waals surface area contributed by atoms with Gasteiger partial charge in [0.05, 0.1) is 21.8 Å². The number of aromatic nitrogens is 4. The van der Waals surface area contributed by atoms with Crippen LogP contribution in [-0.2, 0) is 30.7 Å². The van der Waals surface area contributed by atoms with E-state index in [1.807, 2.05) is 10.7 Å². The van der Waals surface area contributed by atoms with Crippen molar-refractivity contribution in [2.24, 2.45) is 4.99 Å². The van der Waals surface area contributed by atoms with Gasteiger partial charge in [-0.25, -0.2) is 14.6 Å². The SMILES string of the molecule is CCNC(=NCCCc1nc2ccccc2s1)NC1CCc2nc(COC)nn2C1.I. The largest absolute Gasteiger partial charge is 0.377 e. The Hall–Kier alpha value is -1.79. The lowest BCUT2D eigenvalue weighted by molar-refractivity contribution is 0.177. The molecule has 0 amide bonds. The van der Waals surface area contributed by atoms with Crippen molar-refractivity contribution in [3.8, 4) is 0 Å². The number of halogens is 1. The Balaban J connectivity index is 0.00000272. The number of rotatable bonds is 8. The molecule has 31 heavy (non-hydrogen) atoms. The van der Waals surface area contributed by atoms with Crippen LogP contribution in [0.5, 0.6) is 0 Å². The van der Waals surface area contributed by atoms with Crippen LogP contribution in [0.3, 0.4) is 0 Å². The molecular formula is C21H30IN7OS. The van der Waals surface area contributed by atoms with Crippen molar-refractivity contribution in [1.82, 2.24) is 30.4 Å². The van der Waals surface area contributed by atoms with E-state index in [1.165, 1.54) is 9.71 Å². The molecule has 1 atom stereocenters. The Morgan fingerprint density at radius 1 is 1.32 bits per heavy atom. The maximum atomic E-state index is 5.15. The lowest BCUT2D eigenvalue weighted by atomic mass is 10.1. The minimum atomic E-state index is 0. The first-order valence-corrected chi connectivity index (χ1v) is 11.4. The van der Waals surface area contributed by atoms with Crippen molar-refractivity contribution in [2.45, 2.75) is 51.8 Å². The van der Waals surface area contributed by atoms with E-state index in [0.717, 1.165) is 68.4 Å². The summed E-state index contributed by atoms with van der Waals surface area (Å²) in [6, 6.07) is 8.59. The molecule has 2 aromatic heterocycles. The van der Waals surface area contributed by atoms with Crippen molar-refractivity contribution in [1.29, 1.82) is 0 Å². The molecule has 1 unspecified atom stereocenters. The predicted molar refractivity (Wildman–Crippen MR) is 135 cm³/mol. The molecule has 0 spiro atoms. The lowest BCUT2D eigenvalue weighted by Gasteiger charge is -2.25. The summed E-state index contributed by atoms with van der Waals surface area (Å²) >= 11 is 1.78. The fourth-order valence-electron chi connectivity index (χ4n) is 3.63. The molecule has 1 aromatic carbocycles. The Kier molecular flexibility index (Phi) is 9.02. The van der Waals surface area contributed by atoms with Crippen LogP contribution in [0.25, 0.3) is 10.2 Å². The highest BCUT2D eigenvalue weighted by atomic mass is 127. The number of guanidine groups is 1. The molecule has 0 fully saturated rings. The van der Waals surface area contributed by atoms with Gasteiger partial charge in [-0.15, -0.1) is 35.3 Å². The van der Waals surface area contributed by atoms with Gasteiger partial charge in [-0.05, 0) is 31.9 Å². The van der Waals surface area contributed by atoms with Crippen molar-refractivity contribution >= 4 is 51.5 Å². The molecule has 0 saturated heterocycles. The summed E-state index contributed by atoms with van der Waals surface area (Å²) in [6.07, 6.45) is 3.86. The Labute approximate surface area is 203 Å². The van der Waals surface area contributed by atoms with Crippen LogP contribution in [0.4, 0.5) is 0 Å². The number of fused-ring (bicyclic) bond motifs is 2. The van der Waals surface area contributed by atoms with E-state index in [9.17, 15) is 0 Å². The maximum Gasteiger partial charge on any atom is 0.191 e. The van der Waals surface area contributed by atoms with Crippen LogP contribution in [0.1, 0.15) is 36.4 Å². The fraction of sp³-hybridized carbons (Fsp3) is 0.524. The van der Waals surface area contributed by atoms with Gasteiger partial charge in [0, 0.05) is 39.1 Å². The molecule has 4 rings (SSSR count). The Morgan fingerprint density at radius 3 is 3.00 bits per heavy atom. The van der Waals surface area contributed by atoms with Gasteiger partial charge in [0.15, 0.2) is 11.8 Å². The number of nitrogens with zero attached hydrogens (tertiary/aromatic N) is 5. The Morgan fingerprint density at radius 2 is 2.19 bits per heavy atom. The standard InChI is InChI=1S/C21H29N7OS.HI/c1-3-22-21(23-12-6-9-20-25-16-7-4-5-8-17(16)30-20)24-15-10-11-19-26-18(14-29-2)27-28(19)13-15;/h4-5,7-8,15H,3,6,9-14H2,1-2H3,(H2,22,23,24);1H. The zero-order chi connectivity index (χ0) is 20.8. The number of benzene rings is 1. The zero-order valence-corrected chi connectivity index (χ0v) is 21.2. The third-order valence-electron chi connectivity index (χ3n) is 5.02. The molecule has 3 heterocycles. The first-order valence-electron chi connectivity index (χ1n) is 10.6. The summed E-state index contributed by atoms with van der Waals surface area (Å²) in [5.74, 6) is 2.66. The molecule has 168 valence electrons. The minimum absolute atomic E-state index is 0. The molecule has 0 radical (unpaired) electrons. The molecule has 3 aromatic rings. The van der Waals surface area contributed by atoms with E-state index in [4.69, 9.17) is 14.7 Å². The summed E-state index contributed by atoms with van der Waals surface area (Å²) in [6.45, 7) is 4.94. The minimum Gasteiger partial charge on any atom is -0.377 e. The molecule has 10 heteroatoms. The van der Waals surface area contributed by atoms with Crippen LogP contribution < -0.4 is 10.6 Å². The number of nitrogens with one attached hydrogen (secondary N) is 2. The van der Waals surface area contributed by atoms with Crippen LogP contribution >= 0.6 is 35.3 Å². The number of aryl methyl sites for hydroxylation is 2.